The topological polar surface area (TPSA) is 75.7 Å². The summed E-state index contributed by atoms with van der Waals surface area (Å²) in [7, 11) is 1.59. The highest BCUT2D eigenvalue weighted by Gasteiger charge is 2.47. The molecule has 1 fully saturated rings. The number of carbonyl (C=O) groups is 3. The van der Waals surface area contributed by atoms with E-state index in [0.717, 1.165) is 10.6 Å². The van der Waals surface area contributed by atoms with E-state index < -0.39 is 0 Å². The minimum Gasteiger partial charge on any atom is -0.497 e. The summed E-state index contributed by atoms with van der Waals surface area (Å²) < 4.78 is 5.10. The predicted molar refractivity (Wildman–Crippen MR) is 117 cm³/mol. The molecule has 7 heteroatoms. The maximum Gasteiger partial charge on any atom is 0.238 e. The number of carbonyl (C=O) groups excluding carboxylic acids is 3. The summed E-state index contributed by atoms with van der Waals surface area (Å²) in [6.07, 6.45) is 5.21. The lowest BCUT2D eigenvalue weighted by Gasteiger charge is -2.15. The molecule has 154 valence electrons. The van der Waals surface area contributed by atoms with Crippen molar-refractivity contribution in [2.75, 3.05) is 23.1 Å². The number of allylic oxidation sites excluding steroid dienone is 2. The molecule has 3 amide bonds. The average Bonchev–Trinajstić information content (AvgIpc) is 3.04. The second kappa shape index (κ2) is 8.75. The van der Waals surface area contributed by atoms with Gasteiger partial charge in [-0.15, -0.1) is 11.8 Å². The number of hydrogen-bond acceptors (Lipinski definition) is 5. The number of nitrogens with zero attached hydrogens (tertiary/aromatic N) is 1. The van der Waals surface area contributed by atoms with Gasteiger partial charge in [0.2, 0.25) is 17.7 Å². The molecular weight excluding hydrogens is 400 g/mol. The third-order valence-electron chi connectivity index (χ3n) is 5.35. The molecule has 2 aromatic carbocycles. The smallest absolute Gasteiger partial charge is 0.238 e. The van der Waals surface area contributed by atoms with Crippen molar-refractivity contribution in [1.29, 1.82) is 0 Å². The predicted octanol–water partition coefficient (Wildman–Crippen LogP) is 3.88. The highest BCUT2D eigenvalue weighted by molar-refractivity contribution is 8.00. The SMILES string of the molecule is COc1ccc(NC(=O)CSc2ccc(N3C(=O)C4CC=CCC4C3=O)cc2)cc1. The molecule has 1 N–H and O–H groups in total. The molecule has 0 saturated carbocycles. The molecule has 2 aromatic rings. The summed E-state index contributed by atoms with van der Waals surface area (Å²) in [6.45, 7) is 0. The molecule has 1 aliphatic carbocycles. The number of benzene rings is 2. The van der Waals surface area contributed by atoms with E-state index in [-0.39, 0.29) is 35.3 Å². The second-order valence-corrected chi connectivity index (χ2v) is 8.28. The first-order valence-electron chi connectivity index (χ1n) is 9.76. The van der Waals surface area contributed by atoms with Crippen LogP contribution in [0.4, 0.5) is 11.4 Å². The lowest BCUT2D eigenvalue weighted by atomic mass is 9.85. The van der Waals surface area contributed by atoms with Crippen LogP contribution in [-0.4, -0.2) is 30.6 Å². The van der Waals surface area contributed by atoms with Crippen LogP contribution in [0, 0.1) is 11.8 Å². The molecule has 1 saturated heterocycles. The van der Waals surface area contributed by atoms with Gasteiger partial charge < -0.3 is 10.1 Å². The first kappa shape index (κ1) is 20.2. The van der Waals surface area contributed by atoms with Gasteiger partial charge >= 0.3 is 0 Å². The van der Waals surface area contributed by atoms with Crippen LogP contribution < -0.4 is 15.0 Å². The van der Waals surface area contributed by atoms with Crippen molar-refractivity contribution in [3.05, 3.63) is 60.7 Å². The monoisotopic (exact) mass is 422 g/mol. The Morgan fingerprint density at radius 1 is 1.00 bits per heavy atom. The Morgan fingerprint density at radius 2 is 1.60 bits per heavy atom. The van der Waals surface area contributed by atoms with E-state index in [1.54, 1.807) is 43.5 Å². The molecule has 0 spiro atoms. The Labute approximate surface area is 179 Å². The van der Waals surface area contributed by atoms with Crippen molar-refractivity contribution >= 4 is 40.9 Å². The largest absolute Gasteiger partial charge is 0.497 e. The van der Waals surface area contributed by atoms with E-state index in [2.05, 4.69) is 5.32 Å². The average molecular weight is 423 g/mol. The fraction of sp³-hybridized carbons (Fsp3) is 0.261. The van der Waals surface area contributed by atoms with E-state index in [1.807, 2.05) is 24.3 Å². The molecule has 6 nitrogen and oxygen atoms in total. The number of amides is 3. The van der Waals surface area contributed by atoms with E-state index in [9.17, 15) is 14.4 Å². The summed E-state index contributed by atoms with van der Waals surface area (Å²) in [5, 5.41) is 2.84. The van der Waals surface area contributed by atoms with Gasteiger partial charge in [-0.05, 0) is 61.4 Å². The number of imide groups is 1. The van der Waals surface area contributed by atoms with Crippen molar-refractivity contribution in [3.63, 3.8) is 0 Å². The van der Waals surface area contributed by atoms with Crippen LogP contribution in [0.1, 0.15) is 12.8 Å². The molecule has 1 aliphatic heterocycles. The quantitative estimate of drug-likeness (QED) is 0.434. The number of hydrogen-bond donors (Lipinski definition) is 1. The van der Waals surface area contributed by atoms with Gasteiger partial charge in [-0.2, -0.15) is 0 Å². The Kier molecular flexibility index (Phi) is 5.90. The third-order valence-corrected chi connectivity index (χ3v) is 6.36. The van der Waals surface area contributed by atoms with Crippen molar-refractivity contribution in [2.45, 2.75) is 17.7 Å². The maximum atomic E-state index is 12.7. The number of rotatable bonds is 6. The van der Waals surface area contributed by atoms with Gasteiger partial charge in [0, 0.05) is 10.6 Å². The molecule has 2 atom stereocenters. The Balaban J connectivity index is 1.34. The lowest BCUT2D eigenvalue weighted by molar-refractivity contribution is -0.122. The van der Waals surface area contributed by atoms with Crippen molar-refractivity contribution in [3.8, 4) is 5.75 Å². The lowest BCUT2D eigenvalue weighted by Crippen LogP contribution is -2.30. The number of thioether (sulfide) groups is 1. The van der Waals surface area contributed by atoms with E-state index in [4.69, 9.17) is 4.74 Å². The van der Waals surface area contributed by atoms with Crippen LogP contribution in [0.15, 0.2) is 65.6 Å². The molecule has 2 aliphatic rings. The molecule has 2 unspecified atom stereocenters. The Bertz CT molecular complexity index is 959. The van der Waals surface area contributed by atoms with Crippen LogP contribution in [0.5, 0.6) is 5.75 Å². The van der Waals surface area contributed by atoms with Crippen molar-refractivity contribution in [2.24, 2.45) is 11.8 Å². The second-order valence-electron chi connectivity index (χ2n) is 7.23. The molecule has 0 radical (unpaired) electrons. The minimum absolute atomic E-state index is 0.115. The minimum atomic E-state index is -0.238. The van der Waals surface area contributed by atoms with Crippen LogP contribution in [0.2, 0.25) is 0 Å². The molecule has 30 heavy (non-hydrogen) atoms. The zero-order chi connectivity index (χ0) is 21.1. The van der Waals surface area contributed by atoms with Crippen LogP contribution in [0.3, 0.4) is 0 Å². The normalized spacial score (nSPS) is 20.2. The van der Waals surface area contributed by atoms with Gasteiger partial charge in [0.15, 0.2) is 0 Å². The van der Waals surface area contributed by atoms with Gasteiger partial charge in [0.25, 0.3) is 0 Å². The molecule has 0 bridgehead atoms. The van der Waals surface area contributed by atoms with Crippen LogP contribution in [-0.2, 0) is 14.4 Å². The highest BCUT2D eigenvalue weighted by Crippen LogP contribution is 2.38. The summed E-state index contributed by atoms with van der Waals surface area (Å²) >= 11 is 1.39. The summed E-state index contributed by atoms with van der Waals surface area (Å²) in [4.78, 5) is 39.7. The van der Waals surface area contributed by atoms with E-state index in [1.165, 1.54) is 16.7 Å². The van der Waals surface area contributed by atoms with Gasteiger partial charge in [-0.1, -0.05) is 12.2 Å². The Morgan fingerprint density at radius 3 is 2.17 bits per heavy atom. The highest BCUT2D eigenvalue weighted by atomic mass is 32.2. The number of nitrogens with one attached hydrogen (secondary N) is 1. The summed E-state index contributed by atoms with van der Waals surface area (Å²) in [5.41, 5.74) is 1.30. The third kappa shape index (κ3) is 4.11. The van der Waals surface area contributed by atoms with E-state index in [0.29, 0.717) is 24.2 Å². The van der Waals surface area contributed by atoms with Gasteiger partial charge in [0.05, 0.1) is 30.4 Å². The number of anilines is 2. The fourth-order valence-electron chi connectivity index (χ4n) is 3.77. The van der Waals surface area contributed by atoms with Crippen LogP contribution in [0.25, 0.3) is 0 Å². The van der Waals surface area contributed by atoms with Crippen LogP contribution >= 0.6 is 11.8 Å². The Hall–Kier alpha value is -3.06. The van der Waals surface area contributed by atoms with Crippen molar-refractivity contribution in [1.82, 2.24) is 0 Å². The van der Waals surface area contributed by atoms with Gasteiger partial charge in [0.1, 0.15) is 5.75 Å². The zero-order valence-electron chi connectivity index (χ0n) is 16.5. The number of ether oxygens (including phenoxy) is 1. The number of methoxy groups -OCH3 is 1. The molecule has 4 rings (SSSR count). The van der Waals surface area contributed by atoms with Gasteiger partial charge in [-0.25, -0.2) is 0 Å². The molecule has 0 aromatic heterocycles. The van der Waals surface area contributed by atoms with E-state index >= 15 is 0 Å². The van der Waals surface area contributed by atoms with Crippen molar-refractivity contribution < 1.29 is 19.1 Å². The summed E-state index contributed by atoms with van der Waals surface area (Å²) in [6, 6.07) is 14.3. The number of fused-ring (bicyclic) bond motifs is 1. The zero-order valence-corrected chi connectivity index (χ0v) is 17.4. The molecular formula is C23H22N2O4S. The first-order valence-corrected chi connectivity index (χ1v) is 10.7. The van der Waals surface area contributed by atoms with Gasteiger partial charge in [-0.3, -0.25) is 19.3 Å². The first-order chi connectivity index (χ1) is 14.6. The molecule has 1 heterocycles. The standard InChI is InChI=1S/C23H22N2O4S/c1-29-17-10-6-15(7-11-17)24-21(26)14-30-18-12-8-16(9-13-18)25-22(27)19-4-2-3-5-20(19)23(25)28/h2-3,6-13,19-20H,4-5,14H2,1H3,(H,24,26). The fourth-order valence-corrected chi connectivity index (χ4v) is 4.46. The summed E-state index contributed by atoms with van der Waals surface area (Å²) in [5.74, 6) is 0.158. The maximum absolute atomic E-state index is 12.7.